The Labute approximate surface area is 295 Å². The van der Waals surface area contributed by atoms with Gasteiger partial charge in [0.1, 0.15) is 11.3 Å². The second-order valence-electron chi connectivity index (χ2n) is 13.9. The summed E-state index contributed by atoms with van der Waals surface area (Å²) < 4.78 is 2.82. The first-order chi connectivity index (χ1) is 22.2. The molecule has 0 fully saturated rings. The number of aromatic nitrogens is 4. The number of rotatable bonds is 4. The fraction of sp³-hybridized carbons (Fsp3) is 0.212. The molecule has 15 heteroatoms. The molecule has 0 aliphatic rings. The first kappa shape index (κ1) is 33.7. The molecule has 8 aromatic rings. The number of hydrogen-bond donors (Lipinski definition) is 0. The maximum atomic E-state index is 14.5. The first-order valence-electron chi connectivity index (χ1n) is 15.1. The second-order valence-corrected chi connectivity index (χ2v) is 24.2. The molecule has 4 radical (unpaired) electrons. The summed E-state index contributed by atoms with van der Waals surface area (Å²) in [6.07, 6.45) is 0. The Morgan fingerprint density at radius 2 is 1.02 bits per heavy atom. The van der Waals surface area contributed by atoms with Crippen LogP contribution < -0.4 is 11.1 Å². The van der Waals surface area contributed by atoms with Gasteiger partial charge < -0.3 is 0 Å². The predicted molar refractivity (Wildman–Crippen MR) is 230 cm³/mol. The summed E-state index contributed by atoms with van der Waals surface area (Å²) in [4.78, 5) is 37.7. The Bertz CT molecular complexity index is 2630. The van der Waals surface area contributed by atoms with E-state index in [1.54, 1.807) is 8.80 Å². The molecule has 7 atom stereocenters. The standard InChI is InChI=1S/C33H31B2N4O2P7/c1-30(2,42)12-8-18(31(3,43)44)24-20(10-12)38-26(36-24)14-4-6-17-23-15(5-7-16(22(14)23)28(38)40)27-37-25-19(33(46,47)48)9-13(32(34,35)45)11-21(25)39(27)29(17)41/h4-11H,42-48H2,1-3H3. The topological polar surface area (TPSA) is 68.7 Å². The van der Waals surface area contributed by atoms with Gasteiger partial charge in [0.2, 0.25) is 0 Å². The number of benzene rings is 4. The van der Waals surface area contributed by atoms with Crippen LogP contribution in [0.5, 0.6) is 0 Å². The summed E-state index contributed by atoms with van der Waals surface area (Å²) >= 11 is 0. The van der Waals surface area contributed by atoms with Gasteiger partial charge in [-0.2, -0.15) is 0 Å². The van der Waals surface area contributed by atoms with Gasteiger partial charge >= 0.3 is 0 Å². The van der Waals surface area contributed by atoms with Crippen LogP contribution in [0, 0.1) is 0 Å². The summed E-state index contributed by atoms with van der Waals surface area (Å²) in [5.74, 6) is 0. The maximum Gasteiger partial charge on any atom is 0.264 e. The van der Waals surface area contributed by atoms with E-state index in [0.717, 1.165) is 38.5 Å². The molecule has 8 rings (SSSR count). The van der Waals surface area contributed by atoms with E-state index in [0.29, 0.717) is 49.4 Å². The molecular formula is C33H31B2N4O2P7. The van der Waals surface area contributed by atoms with Crippen molar-refractivity contribution >= 4 is 146 Å². The van der Waals surface area contributed by atoms with Crippen LogP contribution in [0.15, 0.2) is 58.1 Å². The molecule has 0 aliphatic carbocycles. The maximum absolute atomic E-state index is 14.5. The van der Waals surface area contributed by atoms with Crippen LogP contribution in [0.2, 0.25) is 0 Å². The minimum absolute atomic E-state index is 0.178. The van der Waals surface area contributed by atoms with E-state index in [-0.39, 0.29) is 21.2 Å². The van der Waals surface area contributed by atoms with Crippen molar-refractivity contribution in [3.05, 3.63) is 91.5 Å². The highest BCUT2D eigenvalue weighted by Gasteiger charge is 2.30. The second kappa shape index (κ2) is 10.6. The number of fused-ring (bicyclic) bond motifs is 8. The van der Waals surface area contributed by atoms with Crippen molar-refractivity contribution in [2.75, 3.05) is 0 Å². The zero-order valence-electron chi connectivity index (χ0n) is 26.4. The van der Waals surface area contributed by atoms with Gasteiger partial charge in [0.15, 0.2) is 0 Å². The van der Waals surface area contributed by atoms with E-state index in [1.807, 2.05) is 36.4 Å². The molecule has 4 heterocycles. The van der Waals surface area contributed by atoms with Crippen molar-refractivity contribution in [3.8, 4) is 0 Å². The molecular weight excluding hydrogens is 723 g/mol. The lowest BCUT2D eigenvalue weighted by atomic mass is 9.65. The van der Waals surface area contributed by atoms with Crippen molar-refractivity contribution in [3.63, 3.8) is 0 Å². The van der Waals surface area contributed by atoms with Gasteiger partial charge in [0.05, 0.1) is 37.8 Å². The lowest BCUT2D eigenvalue weighted by molar-refractivity contribution is 0.780. The molecule has 7 unspecified atom stereocenters. The molecule has 0 saturated heterocycles. The number of hydrogen-bond acceptors (Lipinski definition) is 4. The van der Waals surface area contributed by atoms with Crippen LogP contribution in [-0.2, 0) is 19.6 Å². The van der Waals surface area contributed by atoms with Gasteiger partial charge in [0, 0.05) is 47.0 Å². The van der Waals surface area contributed by atoms with Crippen molar-refractivity contribution in [2.24, 2.45) is 0 Å². The van der Waals surface area contributed by atoms with Gasteiger partial charge in [-0.25, -0.2) is 9.97 Å². The van der Waals surface area contributed by atoms with E-state index in [1.165, 1.54) is 0 Å². The van der Waals surface area contributed by atoms with Crippen LogP contribution in [0.25, 0.3) is 65.7 Å². The quantitative estimate of drug-likeness (QED) is 0.118. The summed E-state index contributed by atoms with van der Waals surface area (Å²) in [6.45, 7) is 6.36. The van der Waals surface area contributed by atoms with Crippen molar-refractivity contribution < 1.29 is 0 Å². The Kier molecular flexibility index (Phi) is 7.41. The third-order valence-corrected chi connectivity index (χ3v) is 11.5. The number of imidazole rings is 2. The van der Waals surface area contributed by atoms with Crippen molar-refractivity contribution in [1.29, 1.82) is 0 Å². The van der Waals surface area contributed by atoms with Crippen LogP contribution in [0.4, 0.5) is 0 Å². The average molecular weight is 754 g/mol. The largest absolute Gasteiger partial charge is 0.268 e. The van der Waals surface area contributed by atoms with E-state index < -0.39 is 9.59 Å². The zero-order valence-corrected chi connectivity index (χ0v) is 34.5. The van der Waals surface area contributed by atoms with Crippen molar-refractivity contribution in [1.82, 2.24) is 18.8 Å². The molecule has 4 aromatic heterocycles. The highest BCUT2D eigenvalue weighted by Crippen LogP contribution is 2.49. The van der Waals surface area contributed by atoms with Crippen LogP contribution in [0.3, 0.4) is 0 Å². The van der Waals surface area contributed by atoms with E-state index >= 15 is 0 Å². The number of pyridine rings is 2. The summed E-state index contributed by atoms with van der Waals surface area (Å²) in [5.41, 5.74) is 6.99. The summed E-state index contributed by atoms with van der Waals surface area (Å²) in [6, 6.07) is 15.5. The lowest BCUT2D eigenvalue weighted by Crippen LogP contribution is -2.19. The minimum Gasteiger partial charge on any atom is -0.268 e. The highest BCUT2D eigenvalue weighted by molar-refractivity contribution is 7.56. The number of nitrogens with zero attached hydrogens (tertiary/aromatic N) is 4. The molecule has 0 bridgehead atoms. The molecule has 236 valence electrons. The molecule has 0 N–H and O–H groups in total. The van der Waals surface area contributed by atoms with Gasteiger partial charge in [-0.05, 0) is 60.0 Å². The molecule has 0 amide bonds. The van der Waals surface area contributed by atoms with Gasteiger partial charge in [-0.15, -0.1) is 64.7 Å². The Balaban J connectivity index is 1.58. The van der Waals surface area contributed by atoms with E-state index in [9.17, 15) is 9.59 Å². The van der Waals surface area contributed by atoms with Crippen LogP contribution in [-0.4, -0.2) is 34.5 Å². The van der Waals surface area contributed by atoms with E-state index in [4.69, 9.17) is 25.7 Å². The third kappa shape index (κ3) is 4.81. The Hall–Kier alpha value is -1.44. The normalized spacial score (nSPS) is 14.0. The third-order valence-electron chi connectivity index (χ3n) is 9.32. The van der Waals surface area contributed by atoms with Crippen molar-refractivity contribution in [2.45, 2.75) is 40.4 Å². The monoisotopic (exact) mass is 754 g/mol. The van der Waals surface area contributed by atoms with Gasteiger partial charge in [-0.1, -0.05) is 36.5 Å². The fourth-order valence-electron chi connectivity index (χ4n) is 6.95. The van der Waals surface area contributed by atoms with Gasteiger partial charge in [0.25, 0.3) is 11.1 Å². The summed E-state index contributed by atoms with van der Waals surface area (Å²) in [7, 11) is 32.2. The molecule has 0 saturated carbocycles. The smallest absolute Gasteiger partial charge is 0.264 e. The first-order valence-corrected chi connectivity index (χ1v) is 19.2. The highest BCUT2D eigenvalue weighted by atomic mass is 31.1. The molecule has 4 aromatic carbocycles. The Morgan fingerprint density at radius 1 is 0.604 bits per heavy atom. The Morgan fingerprint density at radius 3 is 1.44 bits per heavy atom. The minimum atomic E-state index is -1.22. The molecule has 48 heavy (non-hydrogen) atoms. The SMILES string of the molecule is [B]C([B])(P)c1cc(C(P)(P)P)c2nc3c4ccc5c(=O)n6c7cc(C(C)(C)P)cc(C(C)(P)P)c7nc6c6ccc(c(=O)n3c2c1)c4c56. The fourth-order valence-corrected chi connectivity index (χ4v) is 8.39. The zero-order chi connectivity index (χ0) is 34.6. The van der Waals surface area contributed by atoms with Crippen LogP contribution in [0.1, 0.15) is 43.0 Å². The molecule has 0 aliphatic heterocycles. The van der Waals surface area contributed by atoms with E-state index in [2.05, 4.69) is 97.6 Å². The molecule has 0 spiro atoms. The predicted octanol–water partition coefficient (Wildman–Crippen LogP) is 6.44. The lowest BCUT2D eigenvalue weighted by Gasteiger charge is -2.25. The van der Waals surface area contributed by atoms with Gasteiger partial charge in [-0.3, -0.25) is 18.4 Å². The molecule has 6 nitrogen and oxygen atoms in total. The summed E-state index contributed by atoms with van der Waals surface area (Å²) in [5, 5.41) is 3.75. The van der Waals surface area contributed by atoms with Crippen LogP contribution >= 0.6 is 64.7 Å². The average Bonchev–Trinajstić information content (AvgIpc) is 3.55.